The van der Waals surface area contributed by atoms with Gasteiger partial charge in [-0.05, 0) is 53.1 Å². The van der Waals surface area contributed by atoms with Crippen molar-refractivity contribution in [3.05, 3.63) is 133 Å². The quantitative estimate of drug-likeness (QED) is 0.229. The minimum Gasteiger partial charge on any atom is -0.456 e. The third kappa shape index (κ3) is 3.48. The minimum atomic E-state index is 0.690. The van der Waals surface area contributed by atoms with Crippen LogP contribution in [0.3, 0.4) is 0 Å². The highest BCUT2D eigenvalue weighted by Crippen LogP contribution is 2.44. The Kier molecular flexibility index (Phi) is 5.10. The lowest BCUT2D eigenvalue weighted by Gasteiger charge is -2.15. The lowest BCUT2D eigenvalue weighted by atomic mass is 9.88. The van der Waals surface area contributed by atoms with E-state index in [1.54, 1.807) is 11.3 Å². The zero-order valence-electron chi connectivity index (χ0n) is 21.4. The van der Waals surface area contributed by atoms with Crippen LogP contribution >= 0.6 is 11.3 Å². The first-order chi connectivity index (χ1) is 19.8. The van der Waals surface area contributed by atoms with E-state index >= 15 is 0 Å². The van der Waals surface area contributed by atoms with Crippen molar-refractivity contribution < 1.29 is 4.42 Å². The minimum absolute atomic E-state index is 0.690. The zero-order valence-corrected chi connectivity index (χ0v) is 22.2. The average Bonchev–Trinajstić information content (AvgIpc) is 3.59. The summed E-state index contributed by atoms with van der Waals surface area (Å²) in [4.78, 5) is 0. The molecular weight excluding hydrogens is 506 g/mol. The second-order valence-corrected chi connectivity index (χ2v) is 11.1. The summed E-state index contributed by atoms with van der Waals surface area (Å²) in [5, 5.41) is 15.2. The highest BCUT2D eigenvalue weighted by molar-refractivity contribution is 7.26. The van der Waals surface area contributed by atoms with Crippen LogP contribution in [0.25, 0.3) is 75.5 Å². The van der Waals surface area contributed by atoms with E-state index in [1.807, 2.05) is 36.4 Å². The first-order valence-electron chi connectivity index (χ1n) is 13.2. The largest absolute Gasteiger partial charge is 0.456 e. The summed E-state index contributed by atoms with van der Waals surface area (Å²) in [6, 6.07) is 46.7. The van der Waals surface area contributed by atoms with Gasteiger partial charge in [0.25, 0.3) is 0 Å². The zero-order chi connectivity index (χ0) is 26.6. The van der Waals surface area contributed by atoms with Gasteiger partial charge >= 0.3 is 0 Å². The van der Waals surface area contributed by atoms with Gasteiger partial charge in [0.2, 0.25) is 0 Å². The normalized spacial score (nSPS) is 11.5. The van der Waals surface area contributed by atoms with Gasteiger partial charge in [0.05, 0.1) is 5.56 Å². The third-order valence-electron chi connectivity index (χ3n) is 7.74. The lowest BCUT2D eigenvalue weighted by Crippen LogP contribution is -1.93. The van der Waals surface area contributed by atoms with Gasteiger partial charge in [-0.2, -0.15) is 5.26 Å². The van der Waals surface area contributed by atoms with Gasteiger partial charge in [-0.1, -0.05) is 91.0 Å². The van der Waals surface area contributed by atoms with Crippen molar-refractivity contribution in [3.8, 4) is 39.4 Å². The number of para-hydroxylation sites is 1. The van der Waals surface area contributed by atoms with Crippen LogP contribution in [0.5, 0.6) is 0 Å². The van der Waals surface area contributed by atoms with Gasteiger partial charge in [-0.15, -0.1) is 11.3 Å². The molecule has 0 aliphatic rings. The number of thiophene rings is 1. The standard InChI is InChI=1S/C37H21NOS/c38-22-33-30(23-9-2-1-3-10-23)20-25(24-17-18-35-32(19-24)26-11-4-6-15-34(26)39-35)21-31(33)29-14-8-13-28-27-12-5-7-16-36(27)40-37(28)29/h1-21H. The molecule has 0 atom stereocenters. The van der Waals surface area contributed by atoms with Crippen molar-refractivity contribution >= 4 is 53.4 Å². The number of hydrogen-bond donors (Lipinski definition) is 0. The Bertz CT molecular complexity index is 2280. The number of rotatable bonds is 3. The molecule has 2 heterocycles. The Labute approximate surface area is 235 Å². The highest BCUT2D eigenvalue weighted by Gasteiger charge is 2.19. The summed E-state index contributed by atoms with van der Waals surface area (Å²) in [5.74, 6) is 0. The van der Waals surface area contributed by atoms with E-state index in [4.69, 9.17) is 4.42 Å². The molecule has 0 bridgehead atoms. The molecule has 186 valence electrons. The molecule has 0 aliphatic heterocycles. The van der Waals surface area contributed by atoms with E-state index in [0.29, 0.717) is 5.56 Å². The summed E-state index contributed by atoms with van der Waals surface area (Å²) in [6.45, 7) is 0. The molecule has 0 fully saturated rings. The molecule has 0 unspecified atom stereocenters. The summed E-state index contributed by atoms with van der Waals surface area (Å²) < 4.78 is 8.55. The van der Waals surface area contributed by atoms with E-state index in [0.717, 1.165) is 55.3 Å². The van der Waals surface area contributed by atoms with Crippen molar-refractivity contribution in [1.82, 2.24) is 0 Å². The predicted molar refractivity (Wildman–Crippen MR) is 168 cm³/mol. The van der Waals surface area contributed by atoms with Gasteiger partial charge < -0.3 is 4.42 Å². The molecule has 8 rings (SSSR count). The van der Waals surface area contributed by atoms with Crippen LogP contribution in [0.2, 0.25) is 0 Å². The fourth-order valence-corrected chi connectivity index (χ4v) is 7.08. The molecule has 8 aromatic rings. The number of hydrogen-bond acceptors (Lipinski definition) is 3. The van der Waals surface area contributed by atoms with Crippen molar-refractivity contribution in [1.29, 1.82) is 5.26 Å². The van der Waals surface area contributed by atoms with Crippen LogP contribution < -0.4 is 0 Å². The smallest absolute Gasteiger partial charge is 0.135 e. The predicted octanol–water partition coefficient (Wildman–Crippen LogP) is 10.8. The Morgan fingerprint density at radius 1 is 0.500 bits per heavy atom. The second-order valence-electron chi connectivity index (χ2n) is 10.0. The van der Waals surface area contributed by atoms with Gasteiger partial charge in [0.1, 0.15) is 17.2 Å². The molecule has 6 aromatic carbocycles. The fraction of sp³-hybridized carbons (Fsp3) is 0. The monoisotopic (exact) mass is 527 g/mol. The molecule has 2 nitrogen and oxygen atoms in total. The molecule has 0 radical (unpaired) electrons. The van der Waals surface area contributed by atoms with Gasteiger partial charge in [0.15, 0.2) is 0 Å². The van der Waals surface area contributed by atoms with Crippen LogP contribution in [0, 0.1) is 11.3 Å². The first kappa shape index (κ1) is 22.8. The Balaban J connectivity index is 1.44. The van der Waals surface area contributed by atoms with Crippen molar-refractivity contribution in [2.24, 2.45) is 0 Å². The molecule has 40 heavy (non-hydrogen) atoms. The molecule has 0 spiro atoms. The number of nitrogens with zero attached hydrogens (tertiary/aromatic N) is 1. The number of furan rings is 1. The van der Waals surface area contributed by atoms with Crippen molar-refractivity contribution in [2.75, 3.05) is 0 Å². The lowest BCUT2D eigenvalue weighted by molar-refractivity contribution is 0.669. The Hall–Kier alpha value is -5.17. The topological polar surface area (TPSA) is 36.9 Å². The maximum absolute atomic E-state index is 10.6. The Morgan fingerprint density at radius 2 is 1.23 bits per heavy atom. The summed E-state index contributed by atoms with van der Waals surface area (Å²) in [6.07, 6.45) is 0. The molecule has 0 saturated carbocycles. The average molecular weight is 528 g/mol. The molecule has 2 aromatic heterocycles. The van der Waals surface area contributed by atoms with Gasteiger partial charge in [-0.25, -0.2) is 0 Å². The van der Waals surface area contributed by atoms with Gasteiger partial charge in [-0.3, -0.25) is 0 Å². The summed E-state index contributed by atoms with van der Waals surface area (Å²) in [7, 11) is 0. The van der Waals surface area contributed by atoms with Crippen LogP contribution in [-0.2, 0) is 0 Å². The maximum atomic E-state index is 10.6. The summed E-state index contributed by atoms with van der Waals surface area (Å²) >= 11 is 1.79. The first-order valence-corrected chi connectivity index (χ1v) is 14.1. The van der Waals surface area contributed by atoms with Crippen molar-refractivity contribution in [2.45, 2.75) is 0 Å². The molecular formula is C37H21NOS. The van der Waals surface area contributed by atoms with E-state index in [-0.39, 0.29) is 0 Å². The second kappa shape index (κ2) is 8.95. The van der Waals surface area contributed by atoms with E-state index < -0.39 is 0 Å². The van der Waals surface area contributed by atoms with Crippen molar-refractivity contribution in [3.63, 3.8) is 0 Å². The molecule has 0 N–H and O–H groups in total. The van der Waals surface area contributed by atoms with Gasteiger partial charge in [0, 0.05) is 47.6 Å². The van der Waals surface area contributed by atoms with Crippen LogP contribution in [0.15, 0.2) is 132 Å². The SMILES string of the molecule is N#Cc1c(-c2ccccc2)cc(-c2ccc3oc4ccccc4c3c2)cc1-c1cccc2c1sc1ccccc12. The molecule has 0 amide bonds. The molecule has 0 saturated heterocycles. The molecule has 3 heteroatoms. The van der Waals surface area contributed by atoms with E-state index in [9.17, 15) is 5.26 Å². The maximum Gasteiger partial charge on any atom is 0.135 e. The van der Waals surface area contributed by atoms with Crippen LogP contribution in [-0.4, -0.2) is 0 Å². The summed E-state index contributed by atoms with van der Waals surface area (Å²) in [5.41, 5.74) is 8.61. The Morgan fingerprint density at radius 3 is 2.10 bits per heavy atom. The van der Waals surface area contributed by atoms with E-state index in [1.165, 1.54) is 20.2 Å². The number of nitriles is 1. The highest BCUT2D eigenvalue weighted by atomic mass is 32.1. The molecule has 0 aliphatic carbocycles. The van der Waals surface area contributed by atoms with Crippen LogP contribution in [0.1, 0.15) is 5.56 Å². The number of benzene rings is 6. The van der Waals surface area contributed by atoms with E-state index in [2.05, 4.69) is 97.1 Å². The van der Waals surface area contributed by atoms with Crippen LogP contribution in [0.4, 0.5) is 0 Å². The third-order valence-corrected chi connectivity index (χ3v) is 8.96. The fourth-order valence-electron chi connectivity index (χ4n) is 5.85. The number of fused-ring (bicyclic) bond motifs is 6.